The summed E-state index contributed by atoms with van der Waals surface area (Å²) in [6.07, 6.45) is 42.6. The number of nitrogens with zero attached hydrogens (tertiary/aromatic N) is 1. The molecule has 0 heterocycles. The predicted molar refractivity (Wildman–Crippen MR) is 205 cm³/mol. The van der Waals surface area contributed by atoms with Crippen LogP contribution >= 0.6 is 7.82 Å². The van der Waals surface area contributed by atoms with Gasteiger partial charge in [0, 0.05) is 6.42 Å². The van der Waals surface area contributed by atoms with E-state index in [4.69, 9.17) is 9.05 Å². The zero-order valence-electron chi connectivity index (χ0n) is 31.3. The van der Waals surface area contributed by atoms with Crippen LogP contribution in [0.15, 0.2) is 85.1 Å². The number of rotatable bonds is 31. The van der Waals surface area contributed by atoms with Gasteiger partial charge in [-0.3, -0.25) is 9.36 Å². The van der Waals surface area contributed by atoms with Crippen molar-refractivity contribution in [2.75, 3.05) is 40.9 Å². The van der Waals surface area contributed by atoms with E-state index >= 15 is 0 Å². The summed E-state index contributed by atoms with van der Waals surface area (Å²) in [6, 6.07) is -0.900. The molecule has 49 heavy (non-hydrogen) atoms. The van der Waals surface area contributed by atoms with E-state index in [0.29, 0.717) is 17.4 Å². The fourth-order valence-electron chi connectivity index (χ4n) is 4.37. The van der Waals surface area contributed by atoms with Gasteiger partial charge in [0.2, 0.25) is 5.91 Å². The average Bonchev–Trinajstić information content (AvgIpc) is 3.04. The second kappa shape index (κ2) is 31.6. The lowest BCUT2D eigenvalue weighted by Gasteiger charge is -2.29. The van der Waals surface area contributed by atoms with E-state index in [1.807, 2.05) is 27.2 Å². The molecule has 3 atom stereocenters. The molecule has 0 saturated heterocycles. The Hall–Kier alpha value is -2.32. The molecule has 0 rings (SSSR count). The van der Waals surface area contributed by atoms with Crippen molar-refractivity contribution in [2.24, 2.45) is 0 Å². The number of hydrogen-bond donors (Lipinski definition) is 2. The zero-order valence-corrected chi connectivity index (χ0v) is 32.2. The number of allylic oxidation sites excluding steroid dienone is 13. The van der Waals surface area contributed by atoms with Gasteiger partial charge in [-0.05, 0) is 64.2 Å². The molecule has 0 aromatic rings. The van der Waals surface area contributed by atoms with Crippen molar-refractivity contribution >= 4 is 13.7 Å². The van der Waals surface area contributed by atoms with Gasteiger partial charge in [-0.1, -0.05) is 125 Å². The number of hydrogen-bond acceptors (Lipinski definition) is 6. The van der Waals surface area contributed by atoms with Crippen molar-refractivity contribution in [3.8, 4) is 0 Å². The minimum atomic E-state index is -4.58. The molecule has 3 unspecified atom stereocenters. The molecular weight excluding hydrogens is 635 g/mol. The highest BCUT2D eigenvalue weighted by Gasteiger charge is 2.23. The number of aliphatic hydroxyl groups is 1. The van der Waals surface area contributed by atoms with Crippen LogP contribution < -0.4 is 10.2 Å². The van der Waals surface area contributed by atoms with Crippen molar-refractivity contribution < 1.29 is 32.9 Å². The molecule has 0 aliphatic carbocycles. The topological polar surface area (TPSA) is 108 Å². The van der Waals surface area contributed by atoms with Crippen LogP contribution in [0.25, 0.3) is 0 Å². The lowest BCUT2D eigenvalue weighted by atomic mass is 10.1. The van der Waals surface area contributed by atoms with Gasteiger partial charge in [0.25, 0.3) is 7.82 Å². The third-order valence-electron chi connectivity index (χ3n) is 7.36. The van der Waals surface area contributed by atoms with Gasteiger partial charge in [-0.25, -0.2) is 0 Å². The summed E-state index contributed by atoms with van der Waals surface area (Å²) < 4.78 is 22.8. The van der Waals surface area contributed by atoms with Crippen molar-refractivity contribution in [1.29, 1.82) is 0 Å². The van der Waals surface area contributed by atoms with E-state index in [1.165, 1.54) is 0 Å². The second-order valence-corrected chi connectivity index (χ2v) is 14.6. The monoisotopic (exact) mass is 704 g/mol. The number of unbranched alkanes of at least 4 members (excludes halogenated alkanes) is 6. The molecule has 8 nitrogen and oxygen atoms in total. The Morgan fingerprint density at radius 2 is 1.24 bits per heavy atom. The van der Waals surface area contributed by atoms with Crippen LogP contribution in [-0.4, -0.2) is 68.5 Å². The van der Waals surface area contributed by atoms with Crippen LogP contribution in [0.1, 0.15) is 110 Å². The molecule has 1 amide bonds. The first-order chi connectivity index (χ1) is 23.5. The first kappa shape index (κ1) is 46.7. The largest absolute Gasteiger partial charge is 0.756 e. The van der Waals surface area contributed by atoms with Gasteiger partial charge in [0.15, 0.2) is 0 Å². The van der Waals surface area contributed by atoms with Crippen molar-refractivity contribution in [2.45, 2.75) is 122 Å². The minimum Gasteiger partial charge on any atom is -0.756 e. The number of carbonyl (C=O) groups is 1. The molecular formula is C40H69N2O6P. The second-order valence-electron chi connectivity index (χ2n) is 13.2. The molecule has 280 valence electrons. The smallest absolute Gasteiger partial charge is 0.268 e. The Kier molecular flexibility index (Phi) is 30.1. The van der Waals surface area contributed by atoms with Gasteiger partial charge < -0.3 is 28.8 Å². The molecule has 0 radical (unpaired) electrons. The normalized spacial score (nSPS) is 15.7. The fraction of sp³-hybridized carbons (Fsp3) is 0.625. The number of aliphatic hydroxyl groups excluding tert-OH is 1. The van der Waals surface area contributed by atoms with Crippen LogP contribution in [0.3, 0.4) is 0 Å². The fourth-order valence-corrected chi connectivity index (χ4v) is 5.10. The number of likely N-dealkylation sites (N-methyl/N-ethyl adjacent to an activating group) is 1. The number of phosphoric ester groups is 1. The van der Waals surface area contributed by atoms with Crippen LogP contribution in [0.4, 0.5) is 0 Å². The number of amides is 1. The third kappa shape index (κ3) is 33.9. The maximum Gasteiger partial charge on any atom is 0.268 e. The van der Waals surface area contributed by atoms with Crippen LogP contribution in [0, 0.1) is 0 Å². The average molecular weight is 705 g/mol. The molecule has 0 aliphatic rings. The van der Waals surface area contributed by atoms with Gasteiger partial charge >= 0.3 is 0 Å². The van der Waals surface area contributed by atoms with Crippen LogP contribution in [0.2, 0.25) is 0 Å². The molecule has 0 saturated carbocycles. The Bertz CT molecular complexity index is 1070. The van der Waals surface area contributed by atoms with Crippen molar-refractivity contribution in [1.82, 2.24) is 5.32 Å². The van der Waals surface area contributed by atoms with Crippen molar-refractivity contribution in [3.05, 3.63) is 85.1 Å². The summed E-state index contributed by atoms with van der Waals surface area (Å²) in [5.41, 5.74) is 0. The maximum absolute atomic E-state index is 12.6. The summed E-state index contributed by atoms with van der Waals surface area (Å²) in [7, 11) is 1.21. The molecule has 0 aliphatic heterocycles. The highest BCUT2D eigenvalue weighted by atomic mass is 31.2. The highest BCUT2D eigenvalue weighted by molar-refractivity contribution is 7.45. The molecule has 0 bridgehead atoms. The SMILES string of the molecule is CC/C=C\C/C=C\C/C=C\C/C=C\C/C=C\C/C=C\CCCCCCC(=O)NC(COP(=O)([O-])OCC[N+](C)(C)C)C(O)/C=C/CCCC. The molecule has 0 aromatic heterocycles. The first-order valence-electron chi connectivity index (χ1n) is 18.4. The van der Waals surface area contributed by atoms with Gasteiger partial charge in [-0.2, -0.15) is 0 Å². The Labute approximate surface area is 299 Å². The predicted octanol–water partition coefficient (Wildman–Crippen LogP) is 8.82. The number of phosphoric acid groups is 1. The summed E-state index contributed by atoms with van der Waals surface area (Å²) in [5, 5.41) is 13.4. The number of nitrogens with one attached hydrogen (secondary N) is 1. The minimum absolute atomic E-state index is 0.0130. The summed E-state index contributed by atoms with van der Waals surface area (Å²) in [4.78, 5) is 24.9. The quantitative estimate of drug-likeness (QED) is 0.0323. The highest BCUT2D eigenvalue weighted by Crippen LogP contribution is 2.38. The van der Waals surface area contributed by atoms with Crippen molar-refractivity contribution in [3.63, 3.8) is 0 Å². The molecule has 0 spiro atoms. The van der Waals surface area contributed by atoms with E-state index < -0.39 is 26.6 Å². The Morgan fingerprint density at radius 3 is 1.78 bits per heavy atom. The van der Waals surface area contributed by atoms with Gasteiger partial charge in [0.05, 0.1) is 39.9 Å². The molecule has 0 aromatic carbocycles. The summed E-state index contributed by atoms with van der Waals surface area (Å²) in [5.74, 6) is -0.238. The van der Waals surface area contributed by atoms with Gasteiger partial charge in [-0.15, -0.1) is 0 Å². The standard InChI is InChI=1S/C40H69N2O6P/c1-6-8-10-12-13-14-15-16-17-18-19-20-21-22-23-24-25-26-27-28-29-30-32-34-40(44)41-38(39(43)33-31-11-9-7-2)37-48-49(45,46)47-36-35-42(3,4)5/h8,10,13-14,16-17,19-20,22-23,25-26,31,33,38-39,43H,6-7,9,11-12,15,18,21,24,27-30,32,34-37H2,1-5H3,(H-,41,44,45,46)/b10-8-,14-13-,17-16-,20-19-,23-22-,26-25-,33-31+. The van der Waals surface area contributed by atoms with E-state index in [0.717, 1.165) is 89.9 Å². The maximum atomic E-state index is 12.6. The molecule has 9 heteroatoms. The lowest BCUT2D eigenvalue weighted by molar-refractivity contribution is -0.870. The van der Waals surface area contributed by atoms with E-state index in [1.54, 1.807) is 6.08 Å². The number of carbonyl (C=O) groups excluding carboxylic acids is 1. The van der Waals surface area contributed by atoms with Gasteiger partial charge in [0.1, 0.15) is 13.2 Å². The Balaban J connectivity index is 4.25. The number of quaternary nitrogens is 1. The van der Waals surface area contributed by atoms with E-state index in [2.05, 4.69) is 92.1 Å². The summed E-state index contributed by atoms with van der Waals surface area (Å²) in [6.45, 7) is 4.30. The first-order valence-corrected chi connectivity index (χ1v) is 19.9. The lowest BCUT2D eigenvalue weighted by Crippen LogP contribution is -2.45. The van der Waals surface area contributed by atoms with Crippen LogP contribution in [0.5, 0.6) is 0 Å². The van der Waals surface area contributed by atoms with E-state index in [9.17, 15) is 19.4 Å². The Morgan fingerprint density at radius 1 is 0.735 bits per heavy atom. The third-order valence-corrected chi connectivity index (χ3v) is 8.33. The zero-order chi connectivity index (χ0) is 36.5. The van der Waals surface area contributed by atoms with Crippen LogP contribution in [-0.2, 0) is 18.4 Å². The molecule has 2 N–H and O–H groups in total. The van der Waals surface area contributed by atoms with E-state index in [-0.39, 0.29) is 12.5 Å². The summed E-state index contributed by atoms with van der Waals surface area (Å²) >= 11 is 0. The molecule has 0 fully saturated rings.